The van der Waals surface area contributed by atoms with Crippen molar-refractivity contribution < 1.29 is 9.53 Å². The van der Waals surface area contributed by atoms with Crippen LogP contribution in [0, 0.1) is 0 Å². The van der Waals surface area contributed by atoms with Crippen molar-refractivity contribution in [2.45, 2.75) is 19.9 Å². The Balaban J connectivity index is 1.84. The van der Waals surface area contributed by atoms with Crippen molar-refractivity contribution in [2.75, 3.05) is 39.3 Å². The lowest BCUT2D eigenvalue weighted by molar-refractivity contribution is -0.130. The van der Waals surface area contributed by atoms with Crippen LogP contribution in [-0.2, 0) is 4.79 Å². The molecule has 116 valence electrons. The van der Waals surface area contributed by atoms with Gasteiger partial charge in [-0.05, 0) is 24.6 Å². The summed E-state index contributed by atoms with van der Waals surface area (Å²) in [5.41, 5.74) is 7.40. The standard InChI is InChI=1S/C16H25N3O2/c1-3-21-15-6-4-14(5-7-15)16(17)12-18-8-10-19(11-9-18)13(2)20/h4-7,16H,3,8-12,17H2,1-2H3. The number of rotatable bonds is 5. The van der Waals surface area contributed by atoms with Gasteiger partial charge in [-0.3, -0.25) is 9.69 Å². The van der Waals surface area contributed by atoms with E-state index < -0.39 is 0 Å². The van der Waals surface area contributed by atoms with Crippen LogP contribution in [0.4, 0.5) is 0 Å². The molecular weight excluding hydrogens is 266 g/mol. The summed E-state index contributed by atoms with van der Waals surface area (Å²) in [5.74, 6) is 1.04. The van der Waals surface area contributed by atoms with Crippen molar-refractivity contribution >= 4 is 5.91 Å². The lowest BCUT2D eigenvalue weighted by Gasteiger charge is -2.35. The smallest absolute Gasteiger partial charge is 0.219 e. The predicted octanol–water partition coefficient (Wildman–Crippen LogP) is 1.25. The molecule has 0 aliphatic carbocycles. The maximum absolute atomic E-state index is 11.3. The van der Waals surface area contributed by atoms with Crippen LogP contribution >= 0.6 is 0 Å². The van der Waals surface area contributed by atoms with E-state index in [4.69, 9.17) is 10.5 Å². The Morgan fingerprint density at radius 3 is 2.38 bits per heavy atom. The largest absolute Gasteiger partial charge is 0.494 e. The molecular formula is C16H25N3O2. The van der Waals surface area contributed by atoms with Crippen molar-refractivity contribution in [1.29, 1.82) is 0 Å². The Hall–Kier alpha value is -1.59. The summed E-state index contributed by atoms with van der Waals surface area (Å²) in [6.45, 7) is 8.47. The van der Waals surface area contributed by atoms with Crippen LogP contribution in [-0.4, -0.2) is 55.0 Å². The van der Waals surface area contributed by atoms with Crippen LogP contribution in [0.1, 0.15) is 25.5 Å². The summed E-state index contributed by atoms with van der Waals surface area (Å²) in [5, 5.41) is 0. The maximum atomic E-state index is 11.3. The molecule has 1 unspecified atom stereocenters. The number of carbonyl (C=O) groups is 1. The predicted molar refractivity (Wildman–Crippen MR) is 83.2 cm³/mol. The minimum atomic E-state index is -0.00967. The van der Waals surface area contributed by atoms with E-state index in [1.165, 1.54) is 0 Å². The molecule has 5 heteroatoms. The third-order valence-corrected chi connectivity index (χ3v) is 3.89. The highest BCUT2D eigenvalue weighted by molar-refractivity contribution is 5.73. The molecule has 2 rings (SSSR count). The first kappa shape index (κ1) is 15.8. The van der Waals surface area contributed by atoms with Gasteiger partial charge in [-0.25, -0.2) is 0 Å². The first-order chi connectivity index (χ1) is 10.1. The quantitative estimate of drug-likeness (QED) is 0.887. The molecule has 0 bridgehead atoms. The number of nitrogens with two attached hydrogens (primary N) is 1. The summed E-state index contributed by atoms with van der Waals surface area (Å²) >= 11 is 0. The second kappa shape index (κ2) is 7.43. The number of hydrogen-bond donors (Lipinski definition) is 1. The molecule has 1 aliphatic rings. The number of nitrogens with zero attached hydrogens (tertiary/aromatic N) is 2. The fraction of sp³-hybridized carbons (Fsp3) is 0.562. The second-order valence-corrected chi connectivity index (χ2v) is 5.42. The zero-order chi connectivity index (χ0) is 15.2. The van der Waals surface area contributed by atoms with Gasteiger partial charge in [-0.2, -0.15) is 0 Å². The van der Waals surface area contributed by atoms with E-state index in [9.17, 15) is 4.79 Å². The van der Waals surface area contributed by atoms with E-state index in [0.717, 1.165) is 44.0 Å². The highest BCUT2D eigenvalue weighted by Gasteiger charge is 2.20. The first-order valence-electron chi connectivity index (χ1n) is 7.56. The summed E-state index contributed by atoms with van der Waals surface area (Å²) in [7, 11) is 0. The molecule has 1 fully saturated rings. The third kappa shape index (κ3) is 4.44. The van der Waals surface area contributed by atoms with E-state index >= 15 is 0 Å². The van der Waals surface area contributed by atoms with Gasteiger partial charge >= 0.3 is 0 Å². The van der Waals surface area contributed by atoms with E-state index in [-0.39, 0.29) is 11.9 Å². The summed E-state index contributed by atoms with van der Waals surface area (Å²) in [4.78, 5) is 15.5. The van der Waals surface area contributed by atoms with Crippen molar-refractivity contribution in [3.63, 3.8) is 0 Å². The number of ether oxygens (including phenoxy) is 1. The third-order valence-electron chi connectivity index (χ3n) is 3.89. The van der Waals surface area contributed by atoms with Crippen LogP contribution in [0.3, 0.4) is 0 Å². The molecule has 5 nitrogen and oxygen atoms in total. The molecule has 1 saturated heterocycles. The van der Waals surface area contributed by atoms with E-state index in [0.29, 0.717) is 6.61 Å². The topological polar surface area (TPSA) is 58.8 Å². The minimum absolute atomic E-state index is 0.00967. The molecule has 21 heavy (non-hydrogen) atoms. The zero-order valence-electron chi connectivity index (χ0n) is 12.9. The Kier molecular flexibility index (Phi) is 5.59. The lowest BCUT2D eigenvalue weighted by Crippen LogP contribution is -2.49. The number of carbonyl (C=O) groups excluding carboxylic acids is 1. The van der Waals surface area contributed by atoms with Gasteiger partial charge in [-0.1, -0.05) is 12.1 Å². The molecule has 1 amide bonds. The van der Waals surface area contributed by atoms with E-state index in [2.05, 4.69) is 4.90 Å². The van der Waals surface area contributed by atoms with Gasteiger partial charge in [0, 0.05) is 45.7 Å². The Bertz CT molecular complexity index is 453. The van der Waals surface area contributed by atoms with Crippen LogP contribution in [0.25, 0.3) is 0 Å². The Morgan fingerprint density at radius 2 is 1.86 bits per heavy atom. The van der Waals surface area contributed by atoms with Gasteiger partial charge in [0.1, 0.15) is 5.75 Å². The molecule has 2 N–H and O–H groups in total. The van der Waals surface area contributed by atoms with Crippen LogP contribution in [0.15, 0.2) is 24.3 Å². The van der Waals surface area contributed by atoms with Gasteiger partial charge in [0.05, 0.1) is 6.61 Å². The van der Waals surface area contributed by atoms with Crippen molar-refractivity contribution in [3.8, 4) is 5.75 Å². The molecule has 1 aromatic carbocycles. The molecule has 1 heterocycles. The number of benzene rings is 1. The van der Waals surface area contributed by atoms with Crippen molar-refractivity contribution in [3.05, 3.63) is 29.8 Å². The second-order valence-electron chi connectivity index (χ2n) is 5.42. The normalized spacial score (nSPS) is 17.6. The van der Waals surface area contributed by atoms with Crippen LogP contribution in [0.2, 0.25) is 0 Å². The number of amides is 1. The molecule has 1 aliphatic heterocycles. The number of piperazine rings is 1. The van der Waals surface area contributed by atoms with Crippen molar-refractivity contribution in [1.82, 2.24) is 9.80 Å². The summed E-state index contributed by atoms with van der Waals surface area (Å²) in [6, 6.07) is 7.98. The molecule has 0 spiro atoms. The Morgan fingerprint density at radius 1 is 1.24 bits per heavy atom. The summed E-state index contributed by atoms with van der Waals surface area (Å²) in [6.07, 6.45) is 0. The number of hydrogen-bond acceptors (Lipinski definition) is 4. The minimum Gasteiger partial charge on any atom is -0.494 e. The maximum Gasteiger partial charge on any atom is 0.219 e. The molecule has 0 aromatic heterocycles. The zero-order valence-corrected chi connectivity index (χ0v) is 12.9. The van der Waals surface area contributed by atoms with Crippen LogP contribution in [0.5, 0.6) is 5.75 Å². The highest BCUT2D eigenvalue weighted by Crippen LogP contribution is 2.18. The summed E-state index contributed by atoms with van der Waals surface area (Å²) < 4.78 is 5.44. The van der Waals surface area contributed by atoms with Gasteiger partial charge in [0.2, 0.25) is 5.91 Å². The monoisotopic (exact) mass is 291 g/mol. The van der Waals surface area contributed by atoms with Gasteiger partial charge in [0.15, 0.2) is 0 Å². The average Bonchev–Trinajstić information content (AvgIpc) is 2.49. The molecule has 1 atom stereocenters. The fourth-order valence-electron chi connectivity index (χ4n) is 2.61. The van der Waals surface area contributed by atoms with E-state index in [1.807, 2.05) is 36.1 Å². The average molecular weight is 291 g/mol. The van der Waals surface area contributed by atoms with Gasteiger partial charge < -0.3 is 15.4 Å². The van der Waals surface area contributed by atoms with Crippen LogP contribution < -0.4 is 10.5 Å². The lowest BCUT2D eigenvalue weighted by atomic mass is 10.1. The first-order valence-corrected chi connectivity index (χ1v) is 7.56. The van der Waals surface area contributed by atoms with E-state index in [1.54, 1.807) is 6.92 Å². The van der Waals surface area contributed by atoms with Crippen molar-refractivity contribution in [2.24, 2.45) is 5.73 Å². The molecule has 0 saturated carbocycles. The van der Waals surface area contributed by atoms with Gasteiger partial charge in [0.25, 0.3) is 0 Å². The molecule has 0 radical (unpaired) electrons. The fourth-order valence-corrected chi connectivity index (χ4v) is 2.61. The molecule has 1 aromatic rings. The highest BCUT2D eigenvalue weighted by atomic mass is 16.5. The van der Waals surface area contributed by atoms with Gasteiger partial charge in [-0.15, -0.1) is 0 Å². The Labute approximate surface area is 126 Å². The SMILES string of the molecule is CCOc1ccc(C(N)CN2CCN(C(C)=O)CC2)cc1.